The van der Waals surface area contributed by atoms with Crippen LogP contribution in [0.3, 0.4) is 0 Å². The number of carbonyl (C=O) groups excluding carboxylic acids is 1. The summed E-state index contributed by atoms with van der Waals surface area (Å²) >= 11 is 0. The molecule has 15 heavy (non-hydrogen) atoms. The maximum atomic E-state index is 11.5. The predicted octanol–water partition coefficient (Wildman–Crippen LogP) is -0.478. The summed E-state index contributed by atoms with van der Waals surface area (Å²) in [4.78, 5) is 17.6. The molecule has 0 saturated carbocycles. The Kier molecular flexibility index (Phi) is 2.73. The van der Waals surface area contributed by atoms with Gasteiger partial charge in [-0.15, -0.1) is 0 Å². The lowest BCUT2D eigenvalue weighted by Gasteiger charge is -2.15. The molecule has 0 bridgehead atoms. The SMILES string of the molecule is Cn1ccnc1CCN1CCC(N)C1=O. The van der Waals surface area contributed by atoms with Crippen molar-refractivity contribution in [2.24, 2.45) is 12.8 Å². The van der Waals surface area contributed by atoms with Crippen LogP contribution in [0.2, 0.25) is 0 Å². The molecular weight excluding hydrogens is 192 g/mol. The molecule has 1 atom stereocenters. The van der Waals surface area contributed by atoms with Crippen molar-refractivity contribution in [1.29, 1.82) is 0 Å². The van der Waals surface area contributed by atoms with Crippen molar-refractivity contribution < 1.29 is 4.79 Å². The van der Waals surface area contributed by atoms with Crippen LogP contribution >= 0.6 is 0 Å². The van der Waals surface area contributed by atoms with Gasteiger partial charge in [0.25, 0.3) is 0 Å². The van der Waals surface area contributed by atoms with Crippen molar-refractivity contribution in [2.45, 2.75) is 18.9 Å². The fourth-order valence-corrected chi connectivity index (χ4v) is 1.86. The first-order valence-corrected chi connectivity index (χ1v) is 5.19. The largest absolute Gasteiger partial charge is 0.341 e. The molecule has 2 N–H and O–H groups in total. The van der Waals surface area contributed by atoms with E-state index in [1.165, 1.54) is 0 Å². The second-order valence-electron chi connectivity index (χ2n) is 3.92. The van der Waals surface area contributed by atoms with Crippen LogP contribution in [-0.4, -0.2) is 39.5 Å². The number of hydrogen-bond acceptors (Lipinski definition) is 3. The Bertz CT molecular complexity index is 360. The number of nitrogens with zero attached hydrogens (tertiary/aromatic N) is 3. The monoisotopic (exact) mass is 208 g/mol. The molecule has 0 spiro atoms. The number of aryl methyl sites for hydroxylation is 1. The summed E-state index contributed by atoms with van der Waals surface area (Å²) in [5.74, 6) is 1.08. The third-order valence-electron chi connectivity index (χ3n) is 2.87. The molecule has 1 aromatic rings. The highest BCUT2D eigenvalue weighted by Gasteiger charge is 2.27. The van der Waals surface area contributed by atoms with Gasteiger partial charge in [0.1, 0.15) is 5.82 Å². The number of amides is 1. The minimum Gasteiger partial charge on any atom is -0.341 e. The van der Waals surface area contributed by atoms with Gasteiger partial charge < -0.3 is 15.2 Å². The highest BCUT2D eigenvalue weighted by molar-refractivity contribution is 5.83. The Balaban J connectivity index is 1.89. The van der Waals surface area contributed by atoms with E-state index in [0.717, 1.165) is 31.8 Å². The highest BCUT2D eigenvalue weighted by Crippen LogP contribution is 2.09. The van der Waals surface area contributed by atoms with Crippen molar-refractivity contribution in [2.75, 3.05) is 13.1 Å². The first-order chi connectivity index (χ1) is 7.18. The van der Waals surface area contributed by atoms with Crippen molar-refractivity contribution in [3.05, 3.63) is 18.2 Å². The number of carbonyl (C=O) groups is 1. The molecule has 1 aromatic heterocycles. The van der Waals surface area contributed by atoms with Crippen LogP contribution in [0.1, 0.15) is 12.2 Å². The summed E-state index contributed by atoms with van der Waals surface area (Å²) in [6.07, 6.45) is 5.25. The molecule has 2 rings (SSSR count). The molecular formula is C10H16N4O. The van der Waals surface area contributed by atoms with Crippen LogP contribution < -0.4 is 5.73 Å². The molecule has 1 saturated heterocycles. The summed E-state index contributed by atoms with van der Waals surface area (Å²) < 4.78 is 1.97. The van der Waals surface area contributed by atoms with Gasteiger partial charge in [0.2, 0.25) is 5.91 Å². The summed E-state index contributed by atoms with van der Waals surface area (Å²) in [5, 5.41) is 0. The van der Waals surface area contributed by atoms with E-state index in [2.05, 4.69) is 4.98 Å². The molecule has 1 fully saturated rings. The van der Waals surface area contributed by atoms with E-state index < -0.39 is 0 Å². The van der Waals surface area contributed by atoms with Gasteiger partial charge >= 0.3 is 0 Å². The van der Waals surface area contributed by atoms with E-state index in [1.54, 1.807) is 6.20 Å². The van der Waals surface area contributed by atoms with Crippen molar-refractivity contribution in [3.8, 4) is 0 Å². The number of hydrogen-bond donors (Lipinski definition) is 1. The summed E-state index contributed by atoms with van der Waals surface area (Å²) in [6, 6.07) is -0.286. The highest BCUT2D eigenvalue weighted by atomic mass is 16.2. The van der Waals surface area contributed by atoms with Gasteiger partial charge in [-0.3, -0.25) is 4.79 Å². The lowest BCUT2D eigenvalue weighted by Crippen LogP contribution is -2.35. The van der Waals surface area contributed by atoms with Gasteiger partial charge in [-0.05, 0) is 6.42 Å². The zero-order valence-electron chi connectivity index (χ0n) is 8.89. The number of aromatic nitrogens is 2. The minimum absolute atomic E-state index is 0.0733. The average Bonchev–Trinajstić information content (AvgIpc) is 2.74. The minimum atomic E-state index is -0.286. The van der Waals surface area contributed by atoms with E-state index in [4.69, 9.17) is 5.73 Å². The lowest BCUT2D eigenvalue weighted by atomic mass is 10.3. The Morgan fingerprint density at radius 1 is 1.67 bits per heavy atom. The van der Waals surface area contributed by atoms with Crippen LogP contribution in [0.4, 0.5) is 0 Å². The Morgan fingerprint density at radius 3 is 3.00 bits per heavy atom. The van der Waals surface area contributed by atoms with Crippen molar-refractivity contribution in [1.82, 2.24) is 14.5 Å². The number of rotatable bonds is 3. The van der Waals surface area contributed by atoms with E-state index in [-0.39, 0.29) is 11.9 Å². The molecule has 1 aliphatic rings. The maximum Gasteiger partial charge on any atom is 0.239 e. The molecule has 1 aliphatic heterocycles. The Labute approximate surface area is 88.9 Å². The number of imidazole rings is 1. The Morgan fingerprint density at radius 2 is 2.47 bits per heavy atom. The van der Waals surface area contributed by atoms with Crippen LogP contribution in [0.25, 0.3) is 0 Å². The molecule has 0 aliphatic carbocycles. The first kappa shape index (κ1) is 10.2. The first-order valence-electron chi connectivity index (χ1n) is 5.19. The molecule has 0 aromatic carbocycles. The standard InChI is InChI=1S/C10H16N4O/c1-13-7-4-12-9(13)3-6-14-5-2-8(11)10(14)15/h4,7-8H,2-3,5-6,11H2,1H3. The molecule has 5 heteroatoms. The number of nitrogens with two attached hydrogens (primary N) is 1. The van der Waals surface area contributed by atoms with Crippen LogP contribution in [0.5, 0.6) is 0 Å². The van der Waals surface area contributed by atoms with E-state index in [0.29, 0.717) is 0 Å². The summed E-state index contributed by atoms with van der Waals surface area (Å²) in [7, 11) is 1.96. The number of likely N-dealkylation sites (tertiary alicyclic amines) is 1. The zero-order chi connectivity index (χ0) is 10.8. The van der Waals surface area contributed by atoms with E-state index in [9.17, 15) is 4.79 Å². The molecule has 82 valence electrons. The fourth-order valence-electron chi connectivity index (χ4n) is 1.86. The molecule has 1 unspecified atom stereocenters. The van der Waals surface area contributed by atoms with Gasteiger partial charge in [-0.25, -0.2) is 4.98 Å². The van der Waals surface area contributed by atoms with Gasteiger partial charge in [-0.1, -0.05) is 0 Å². The normalized spacial score (nSPS) is 21.3. The van der Waals surface area contributed by atoms with E-state index in [1.807, 2.05) is 22.7 Å². The quantitative estimate of drug-likeness (QED) is 0.730. The van der Waals surface area contributed by atoms with Gasteiger partial charge in [0, 0.05) is 39.0 Å². The third kappa shape index (κ3) is 2.02. The smallest absolute Gasteiger partial charge is 0.239 e. The van der Waals surface area contributed by atoms with Gasteiger partial charge in [0.15, 0.2) is 0 Å². The summed E-state index contributed by atoms with van der Waals surface area (Å²) in [6.45, 7) is 1.50. The topological polar surface area (TPSA) is 64.2 Å². The molecule has 2 heterocycles. The van der Waals surface area contributed by atoms with Crippen LogP contribution in [0, 0.1) is 0 Å². The van der Waals surface area contributed by atoms with Gasteiger partial charge in [-0.2, -0.15) is 0 Å². The van der Waals surface area contributed by atoms with Gasteiger partial charge in [0.05, 0.1) is 6.04 Å². The van der Waals surface area contributed by atoms with Crippen LogP contribution in [-0.2, 0) is 18.3 Å². The summed E-state index contributed by atoms with van der Waals surface area (Å²) in [5.41, 5.74) is 5.64. The second-order valence-corrected chi connectivity index (χ2v) is 3.92. The molecule has 1 amide bonds. The second kappa shape index (κ2) is 4.02. The van der Waals surface area contributed by atoms with Crippen molar-refractivity contribution >= 4 is 5.91 Å². The van der Waals surface area contributed by atoms with E-state index >= 15 is 0 Å². The fraction of sp³-hybridized carbons (Fsp3) is 0.600. The molecule has 5 nitrogen and oxygen atoms in total. The third-order valence-corrected chi connectivity index (χ3v) is 2.87. The Hall–Kier alpha value is -1.36. The average molecular weight is 208 g/mol. The predicted molar refractivity (Wildman–Crippen MR) is 56.1 cm³/mol. The van der Waals surface area contributed by atoms with Crippen molar-refractivity contribution in [3.63, 3.8) is 0 Å². The maximum absolute atomic E-state index is 11.5. The lowest BCUT2D eigenvalue weighted by molar-refractivity contribution is -0.128. The molecule has 0 radical (unpaired) electrons. The zero-order valence-corrected chi connectivity index (χ0v) is 8.89. The van der Waals surface area contributed by atoms with Crippen LogP contribution in [0.15, 0.2) is 12.4 Å².